The van der Waals surface area contributed by atoms with Crippen LogP contribution >= 0.6 is 0 Å². The number of hydrogen-bond donors (Lipinski definition) is 2. The van der Waals surface area contributed by atoms with Gasteiger partial charge in [0.05, 0.1) is 0 Å². The summed E-state index contributed by atoms with van der Waals surface area (Å²) in [6.45, 7) is 3.76. The molecular formula is C17H23FN2O3. The van der Waals surface area contributed by atoms with E-state index in [0.29, 0.717) is 18.2 Å². The molecule has 1 saturated heterocycles. The summed E-state index contributed by atoms with van der Waals surface area (Å²) in [4.78, 5) is 25.7. The van der Waals surface area contributed by atoms with E-state index in [4.69, 9.17) is 0 Å². The smallest absolute Gasteiger partial charge is 0.330 e. The van der Waals surface area contributed by atoms with Crippen LogP contribution in [0.1, 0.15) is 44.2 Å². The second-order valence-electron chi connectivity index (χ2n) is 6.02. The van der Waals surface area contributed by atoms with Crippen LogP contribution in [0.25, 0.3) is 0 Å². The number of carbonyl (C=O) groups excluding carboxylic acids is 1. The molecule has 2 atom stereocenters. The van der Waals surface area contributed by atoms with Gasteiger partial charge in [-0.3, -0.25) is 4.79 Å². The monoisotopic (exact) mass is 322 g/mol. The second-order valence-corrected chi connectivity index (χ2v) is 6.02. The third-order valence-corrected chi connectivity index (χ3v) is 4.32. The molecule has 1 aromatic carbocycles. The zero-order valence-electron chi connectivity index (χ0n) is 13.3. The normalized spacial score (nSPS) is 20.0. The van der Waals surface area contributed by atoms with Crippen LogP contribution in [0.5, 0.6) is 0 Å². The lowest BCUT2D eigenvalue weighted by Crippen LogP contribution is -2.41. The average Bonchev–Trinajstić information content (AvgIpc) is 2.52. The summed E-state index contributed by atoms with van der Waals surface area (Å²) >= 11 is 0. The zero-order valence-corrected chi connectivity index (χ0v) is 13.3. The van der Waals surface area contributed by atoms with E-state index in [1.807, 2.05) is 0 Å². The van der Waals surface area contributed by atoms with Gasteiger partial charge in [-0.1, -0.05) is 18.6 Å². The minimum atomic E-state index is -1.16. The zero-order chi connectivity index (χ0) is 16.8. The number of rotatable bonds is 6. The number of benzene rings is 1. The first-order valence-corrected chi connectivity index (χ1v) is 7.99. The molecule has 1 aromatic rings. The van der Waals surface area contributed by atoms with Gasteiger partial charge in [-0.05, 0) is 44.0 Å². The predicted octanol–water partition coefficient (Wildman–Crippen LogP) is 2.33. The Bertz CT molecular complexity index is 547. The maximum Gasteiger partial charge on any atom is 0.330 e. The fraction of sp³-hybridized carbons (Fsp3) is 0.529. The van der Waals surface area contributed by atoms with Crippen LogP contribution in [-0.2, 0) is 9.59 Å². The molecular weight excluding hydrogens is 299 g/mol. The number of aliphatic carboxylic acids is 1. The molecule has 1 fully saturated rings. The summed E-state index contributed by atoms with van der Waals surface area (Å²) in [6.07, 6.45) is 3.75. The van der Waals surface area contributed by atoms with Crippen molar-refractivity contribution in [3.05, 3.63) is 35.6 Å². The van der Waals surface area contributed by atoms with Crippen molar-refractivity contribution < 1.29 is 19.1 Å². The fourth-order valence-corrected chi connectivity index (χ4v) is 2.91. The van der Waals surface area contributed by atoms with E-state index in [1.165, 1.54) is 30.7 Å². The summed E-state index contributed by atoms with van der Waals surface area (Å²) in [5.74, 6) is -1.90. The van der Waals surface area contributed by atoms with Crippen LogP contribution < -0.4 is 5.32 Å². The van der Waals surface area contributed by atoms with E-state index < -0.39 is 17.8 Å². The molecule has 0 aliphatic carbocycles. The molecule has 1 amide bonds. The largest absolute Gasteiger partial charge is 0.479 e. The van der Waals surface area contributed by atoms with Crippen molar-refractivity contribution in [2.24, 2.45) is 0 Å². The molecule has 23 heavy (non-hydrogen) atoms. The third kappa shape index (κ3) is 5.03. The van der Waals surface area contributed by atoms with Crippen molar-refractivity contribution >= 4 is 11.9 Å². The van der Waals surface area contributed by atoms with E-state index >= 15 is 0 Å². The fourth-order valence-electron chi connectivity index (χ4n) is 2.91. The molecule has 0 bridgehead atoms. The summed E-state index contributed by atoms with van der Waals surface area (Å²) in [5, 5.41) is 11.8. The van der Waals surface area contributed by atoms with Gasteiger partial charge in [0, 0.05) is 19.0 Å². The Hall–Kier alpha value is -1.95. The lowest BCUT2D eigenvalue weighted by atomic mass is 10.0. The van der Waals surface area contributed by atoms with Crippen LogP contribution in [0.3, 0.4) is 0 Å². The van der Waals surface area contributed by atoms with Gasteiger partial charge in [-0.25, -0.2) is 9.18 Å². The molecule has 6 heteroatoms. The minimum absolute atomic E-state index is 0.259. The molecule has 1 heterocycles. The van der Waals surface area contributed by atoms with Gasteiger partial charge in [-0.15, -0.1) is 0 Å². The number of nitrogens with one attached hydrogen (secondary N) is 1. The molecule has 126 valence electrons. The first-order valence-electron chi connectivity index (χ1n) is 7.99. The highest BCUT2D eigenvalue weighted by atomic mass is 19.1. The van der Waals surface area contributed by atoms with Gasteiger partial charge in [0.1, 0.15) is 5.82 Å². The molecule has 1 aliphatic heterocycles. The van der Waals surface area contributed by atoms with Gasteiger partial charge in [0.25, 0.3) is 0 Å². The van der Waals surface area contributed by atoms with Crippen molar-refractivity contribution in [3.8, 4) is 0 Å². The van der Waals surface area contributed by atoms with Crippen molar-refractivity contribution in [1.29, 1.82) is 0 Å². The number of amides is 1. The Morgan fingerprint density at radius 2 is 2.04 bits per heavy atom. The highest BCUT2D eigenvalue weighted by Gasteiger charge is 2.23. The van der Waals surface area contributed by atoms with Crippen LogP contribution in [0.2, 0.25) is 0 Å². The lowest BCUT2D eigenvalue weighted by Gasteiger charge is -2.33. The molecule has 0 spiro atoms. The van der Waals surface area contributed by atoms with E-state index in [-0.39, 0.29) is 12.3 Å². The van der Waals surface area contributed by atoms with Crippen LogP contribution in [0, 0.1) is 5.82 Å². The van der Waals surface area contributed by atoms with Gasteiger partial charge in [0.15, 0.2) is 6.04 Å². The highest BCUT2D eigenvalue weighted by Crippen LogP contribution is 2.17. The maximum absolute atomic E-state index is 12.9. The van der Waals surface area contributed by atoms with E-state index in [9.17, 15) is 19.1 Å². The van der Waals surface area contributed by atoms with Gasteiger partial charge < -0.3 is 15.3 Å². The third-order valence-electron chi connectivity index (χ3n) is 4.32. The van der Waals surface area contributed by atoms with Crippen LogP contribution in [-0.4, -0.2) is 41.0 Å². The number of likely N-dealkylation sites (tertiary alicyclic amines) is 1. The molecule has 2 rings (SSSR count). The minimum Gasteiger partial charge on any atom is -0.479 e. The Morgan fingerprint density at radius 1 is 1.35 bits per heavy atom. The van der Waals surface area contributed by atoms with E-state index in [0.717, 1.165) is 19.4 Å². The number of piperidine rings is 1. The highest BCUT2D eigenvalue weighted by molar-refractivity contribution is 5.84. The standard InChI is InChI=1S/C17H23FN2O3/c1-12-4-2-3-10-20(12)11-9-15(21)19-16(17(22)23)13-5-7-14(18)8-6-13/h5-8,12,16H,2-4,9-11H2,1H3,(H,19,21)(H,22,23). The van der Waals surface area contributed by atoms with E-state index in [2.05, 4.69) is 17.1 Å². The Labute approximate surface area is 135 Å². The number of carbonyl (C=O) groups is 2. The number of carboxylic acids is 1. The molecule has 1 aliphatic rings. The molecule has 2 N–H and O–H groups in total. The van der Waals surface area contributed by atoms with Crippen molar-refractivity contribution in [2.75, 3.05) is 13.1 Å². The SMILES string of the molecule is CC1CCCCN1CCC(=O)NC(C(=O)O)c1ccc(F)cc1. The number of hydrogen-bond acceptors (Lipinski definition) is 3. The van der Waals surface area contributed by atoms with Gasteiger partial charge in [-0.2, -0.15) is 0 Å². The first-order chi connectivity index (χ1) is 11.0. The summed E-state index contributed by atoms with van der Waals surface area (Å²) < 4.78 is 12.9. The maximum atomic E-state index is 12.9. The lowest BCUT2D eigenvalue weighted by molar-refractivity contribution is -0.142. The van der Waals surface area contributed by atoms with Gasteiger partial charge >= 0.3 is 5.97 Å². The van der Waals surface area contributed by atoms with Crippen LogP contribution in [0.15, 0.2) is 24.3 Å². The van der Waals surface area contributed by atoms with Crippen molar-refractivity contribution in [2.45, 2.75) is 44.7 Å². The molecule has 2 unspecified atom stereocenters. The van der Waals surface area contributed by atoms with Crippen molar-refractivity contribution in [3.63, 3.8) is 0 Å². The molecule has 0 saturated carbocycles. The number of carboxylic acid groups (broad SMARTS) is 1. The summed E-state index contributed by atoms with van der Waals surface area (Å²) in [6, 6.07) is 4.44. The van der Waals surface area contributed by atoms with Gasteiger partial charge in [0.2, 0.25) is 5.91 Å². The van der Waals surface area contributed by atoms with Crippen molar-refractivity contribution in [1.82, 2.24) is 10.2 Å². The molecule has 0 radical (unpaired) electrons. The summed E-state index contributed by atoms with van der Waals surface area (Å²) in [7, 11) is 0. The average molecular weight is 322 g/mol. The Balaban J connectivity index is 1.90. The van der Waals surface area contributed by atoms with Crippen LogP contribution in [0.4, 0.5) is 4.39 Å². The number of nitrogens with zero attached hydrogens (tertiary/aromatic N) is 1. The number of halogens is 1. The first kappa shape index (κ1) is 17.4. The van der Waals surface area contributed by atoms with E-state index in [1.54, 1.807) is 0 Å². The Kier molecular flexibility index (Phi) is 6.10. The Morgan fingerprint density at radius 3 is 2.65 bits per heavy atom. The molecule has 5 nitrogen and oxygen atoms in total. The predicted molar refractivity (Wildman–Crippen MR) is 84.4 cm³/mol. The second kappa shape index (κ2) is 8.06. The summed E-state index contributed by atoms with van der Waals surface area (Å²) in [5.41, 5.74) is 0.360. The topological polar surface area (TPSA) is 69.6 Å². The quantitative estimate of drug-likeness (QED) is 0.843. The molecule has 0 aromatic heterocycles.